The van der Waals surface area contributed by atoms with E-state index in [0.29, 0.717) is 15.6 Å². The minimum Gasteiger partial charge on any atom is -0.481 e. The van der Waals surface area contributed by atoms with Gasteiger partial charge in [0, 0.05) is 28.5 Å². The lowest BCUT2D eigenvalue weighted by Crippen LogP contribution is -2.59. The highest BCUT2D eigenvalue weighted by molar-refractivity contribution is 7.88. The van der Waals surface area contributed by atoms with E-state index in [4.69, 9.17) is 23.2 Å². The molecule has 1 saturated heterocycles. The summed E-state index contributed by atoms with van der Waals surface area (Å²) in [7, 11) is -3.90. The Kier molecular flexibility index (Phi) is 9.38. The first-order valence-corrected chi connectivity index (χ1v) is 16.8. The van der Waals surface area contributed by atoms with E-state index in [9.17, 15) is 28.4 Å². The monoisotopic (exact) mass is 653 g/mol. The lowest BCUT2D eigenvalue weighted by molar-refractivity contribution is -0.161. The van der Waals surface area contributed by atoms with Gasteiger partial charge in [-0.05, 0) is 72.2 Å². The number of benzene rings is 3. The van der Waals surface area contributed by atoms with Gasteiger partial charge in [0.25, 0.3) is 0 Å². The van der Waals surface area contributed by atoms with E-state index in [1.807, 2.05) is 36.4 Å². The quantitative estimate of drug-likeness (QED) is 0.250. The Morgan fingerprint density at radius 3 is 2.41 bits per heavy atom. The minimum absolute atomic E-state index is 0.0232. The third-order valence-corrected chi connectivity index (χ3v) is 10.4. The number of piperidine rings is 1. The molecule has 0 spiro atoms. The molecule has 3 aromatic carbocycles. The summed E-state index contributed by atoms with van der Waals surface area (Å²) in [6, 6.07) is 22.1. The third kappa shape index (κ3) is 7.10. The SMILES string of the molecule is C[C@]1(CC(=O)O)C[C@H](c2cccc(Cl)c2)[C@@H](c2ccc(Cl)cc2)N(C(CNS(=O)(=O)Cc2ccccc2C#N)C2CC2)C1=O. The average Bonchev–Trinajstić information content (AvgIpc) is 3.81. The van der Waals surface area contributed by atoms with Crippen molar-refractivity contribution in [2.75, 3.05) is 6.54 Å². The van der Waals surface area contributed by atoms with Gasteiger partial charge in [0.1, 0.15) is 0 Å². The number of halogens is 2. The van der Waals surface area contributed by atoms with Gasteiger partial charge in [-0.15, -0.1) is 0 Å². The van der Waals surface area contributed by atoms with Crippen LogP contribution in [-0.4, -0.2) is 42.9 Å². The maximum atomic E-state index is 14.5. The fourth-order valence-electron chi connectivity index (χ4n) is 6.44. The second-order valence-electron chi connectivity index (χ2n) is 12.0. The normalized spacial score (nSPS) is 22.8. The summed E-state index contributed by atoms with van der Waals surface area (Å²) in [4.78, 5) is 28.4. The molecule has 0 aromatic heterocycles. The molecule has 3 aromatic rings. The topological polar surface area (TPSA) is 128 Å². The number of aliphatic carboxylic acids is 1. The Morgan fingerprint density at radius 1 is 1.07 bits per heavy atom. The fourth-order valence-corrected chi connectivity index (χ4v) is 7.95. The first-order chi connectivity index (χ1) is 20.9. The summed E-state index contributed by atoms with van der Waals surface area (Å²) in [5.41, 5.74) is 1.07. The van der Waals surface area contributed by atoms with E-state index < -0.39 is 33.5 Å². The molecule has 5 rings (SSSR count). The minimum atomic E-state index is -3.90. The zero-order valence-corrected chi connectivity index (χ0v) is 26.4. The molecule has 4 atom stereocenters. The zero-order chi connectivity index (χ0) is 31.6. The van der Waals surface area contributed by atoms with Crippen LogP contribution in [0.15, 0.2) is 72.8 Å². The van der Waals surface area contributed by atoms with Crippen LogP contribution in [0.4, 0.5) is 0 Å². The molecule has 1 aliphatic heterocycles. The average molecular weight is 655 g/mol. The summed E-state index contributed by atoms with van der Waals surface area (Å²) >= 11 is 12.7. The molecule has 1 saturated carbocycles. The number of carbonyl (C=O) groups excluding carboxylic acids is 1. The van der Waals surface area contributed by atoms with Crippen LogP contribution in [0.2, 0.25) is 10.0 Å². The maximum absolute atomic E-state index is 14.5. The number of hydrogen-bond donors (Lipinski definition) is 2. The van der Waals surface area contributed by atoms with Crippen molar-refractivity contribution < 1.29 is 23.1 Å². The maximum Gasteiger partial charge on any atom is 0.304 e. The summed E-state index contributed by atoms with van der Waals surface area (Å²) < 4.78 is 29.4. The van der Waals surface area contributed by atoms with Gasteiger partial charge in [0.2, 0.25) is 15.9 Å². The summed E-state index contributed by atoms with van der Waals surface area (Å²) in [5, 5.41) is 20.4. The van der Waals surface area contributed by atoms with E-state index >= 15 is 0 Å². The second-order valence-corrected chi connectivity index (χ2v) is 14.7. The molecule has 1 amide bonds. The fraction of sp³-hybridized carbons (Fsp3) is 0.364. The molecule has 0 bridgehead atoms. The number of sulfonamides is 1. The van der Waals surface area contributed by atoms with Crippen molar-refractivity contribution in [2.45, 2.75) is 56.4 Å². The van der Waals surface area contributed by atoms with Crippen LogP contribution in [-0.2, 0) is 25.4 Å². The number of likely N-dealkylation sites (tertiary alicyclic amines) is 1. The van der Waals surface area contributed by atoms with Crippen molar-refractivity contribution in [1.29, 1.82) is 5.26 Å². The van der Waals surface area contributed by atoms with Gasteiger partial charge in [0.05, 0.1) is 35.3 Å². The standard InChI is InChI=1S/C33H33Cl2N3O5S/c1-33(17-30(39)40)16-28(23-7-4-8-27(35)15-23)31(22-11-13-26(34)14-12-22)38(32(33)41)29(21-9-10-21)19-37-44(42,43)20-25-6-3-2-5-24(25)18-36/h2-8,11-15,21,28-29,31,37H,9-10,16-17,19-20H2,1H3,(H,39,40)/t28-,29?,31-,33-/m1/s1. The molecular weight excluding hydrogens is 621 g/mol. The van der Waals surface area contributed by atoms with Crippen LogP contribution in [0, 0.1) is 22.7 Å². The van der Waals surface area contributed by atoms with Gasteiger partial charge < -0.3 is 10.0 Å². The Bertz CT molecular complexity index is 1700. The number of nitrogens with one attached hydrogen (secondary N) is 1. The van der Waals surface area contributed by atoms with E-state index in [-0.39, 0.29) is 48.4 Å². The van der Waals surface area contributed by atoms with Gasteiger partial charge in [0.15, 0.2) is 0 Å². The molecule has 2 fully saturated rings. The molecule has 2 aliphatic rings. The molecule has 0 radical (unpaired) electrons. The van der Waals surface area contributed by atoms with Gasteiger partial charge >= 0.3 is 5.97 Å². The van der Waals surface area contributed by atoms with Crippen LogP contribution in [0.25, 0.3) is 0 Å². The van der Waals surface area contributed by atoms with E-state index in [0.717, 1.165) is 24.0 Å². The smallest absolute Gasteiger partial charge is 0.304 e. The van der Waals surface area contributed by atoms with Crippen LogP contribution in [0.1, 0.15) is 66.8 Å². The second kappa shape index (κ2) is 12.9. The number of amides is 1. The van der Waals surface area contributed by atoms with Crippen molar-refractivity contribution in [2.24, 2.45) is 11.3 Å². The predicted octanol–water partition coefficient (Wildman–Crippen LogP) is 6.30. The van der Waals surface area contributed by atoms with Crippen molar-refractivity contribution in [1.82, 2.24) is 9.62 Å². The third-order valence-electron chi connectivity index (χ3n) is 8.65. The number of carbonyl (C=O) groups is 2. The predicted molar refractivity (Wildman–Crippen MR) is 169 cm³/mol. The van der Waals surface area contributed by atoms with Crippen molar-refractivity contribution in [3.05, 3.63) is 105 Å². The lowest BCUT2D eigenvalue weighted by atomic mass is 9.67. The number of carboxylic acids is 1. The number of nitrogens with zero attached hydrogens (tertiary/aromatic N) is 2. The summed E-state index contributed by atoms with van der Waals surface area (Å²) in [5.74, 6) is -2.11. The van der Waals surface area contributed by atoms with Crippen LogP contribution >= 0.6 is 23.2 Å². The van der Waals surface area contributed by atoms with Crippen LogP contribution in [0.3, 0.4) is 0 Å². The molecular formula is C33H33Cl2N3O5S. The van der Waals surface area contributed by atoms with Crippen molar-refractivity contribution in [3.8, 4) is 6.07 Å². The van der Waals surface area contributed by atoms with Crippen molar-refractivity contribution in [3.63, 3.8) is 0 Å². The molecule has 44 heavy (non-hydrogen) atoms. The van der Waals surface area contributed by atoms with Crippen LogP contribution in [0.5, 0.6) is 0 Å². The summed E-state index contributed by atoms with van der Waals surface area (Å²) in [6.45, 7) is 1.63. The molecule has 2 N–H and O–H groups in total. The Labute approximate surface area is 267 Å². The summed E-state index contributed by atoms with van der Waals surface area (Å²) in [6.07, 6.45) is 1.49. The van der Waals surface area contributed by atoms with Gasteiger partial charge in [-0.1, -0.05) is 72.6 Å². The highest BCUT2D eigenvalue weighted by Crippen LogP contribution is 2.54. The molecule has 1 aliphatic carbocycles. The highest BCUT2D eigenvalue weighted by Gasteiger charge is 2.54. The molecule has 1 heterocycles. The first-order valence-electron chi connectivity index (χ1n) is 14.4. The number of hydrogen-bond acceptors (Lipinski definition) is 5. The largest absolute Gasteiger partial charge is 0.481 e. The molecule has 11 heteroatoms. The van der Waals surface area contributed by atoms with E-state index in [2.05, 4.69) is 4.72 Å². The number of nitriles is 1. The van der Waals surface area contributed by atoms with Gasteiger partial charge in [-0.2, -0.15) is 5.26 Å². The Hall–Kier alpha value is -3.42. The molecule has 230 valence electrons. The van der Waals surface area contributed by atoms with E-state index in [1.165, 1.54) is 0 Å². The Morgan fingerprint density at radius 2 is 1.77 bits per heavy atom. The molecule has 1 unspecified atom stereocenters. The Balaban J connectivity index is 1.57. The van der Waals surface area contributed by atoms with E-state index in [1.54, 1.807) is 54.3 Å². The zero-order valence-electron chi connectivity index (χ0n) is 24.1. The number of rotatable bonds is 11. The molecule has 8 nitrogen and oxygen atoms in total. The highest BCUT2D eigenvalue weighted by atomic mass is 35.5. The van der Waals surface area contributed by atoms with Crippen molar-refractivity contribution >= 4 is 45.1 Å². The van der Waals surface area contributed by atoms with Gasteiger partial charge in [-0.25, -0.2) is 13.1 Å². The van der Waals surface area contributed by atoms with Gasteiger partial charge in [-0.3, -0.25) is 9.59 Å². The number of carboxylic acid groups (broad SMARTS) is 1. The first kappa shape index (κ1) is 32.0. The lowest BCUT2D eigenvalue weighted by Gasteiger charge is -2.52. The van der Waals surface area contributed by atoms with Crippen LogP contribution < -0.4 is 4.72 Å².